The van der Waals surface area contributed by atoms with Gasteiger partial charge in [-0.3, -0.25) is 19.3 Å². The quantitative estimate of drug-likeness (QED) is 0.481. The Kier molecular flexibility index (Phi) is 6.05. The number of hydrogen-bond acceptors (Lipinski definition) is 5. The van der Waals surface area contributed by atoms with E-state index < -0.39 is 17.1 Å². The van der Waals surface area contributed by atoms with E-state index in [2.05, 4.69) is 19.2 Å². The van der Waals surface area contributed by atoms with Crippen LogP contribution >= 0.6 is 34.4 Å². The van der Waals surface area contributed by atoms with Crippen molar-refractivity contribution in [3.8, 4) is 0 Å². The maximum Gasteiger partial charge on any atom is 0.294 e. The first-order valence-corrected chi connectivity index (χ1v) is 10.1. The summed E-state index contributed by atoms with van der Waals surface area (Å²) in [6, 6.07) is 11.0. The number of benzene rings is 1. The topological polar surface area (TPSA) is 79.6 Å². The molecule has 3 amide bonds. The molecule has 0 unspecified atom stereocenters. The monoisotopic (exact) mass is 496 g/mol. The van der Waals surface area contributed by atoms with E-state index in [1.54, 1.807) is 24.3 Å². The van der Waals surface area contributed by atoms with Crippen molar-refractivity contribution in [1.82, 2.24) is 4.90 Å². The summed E-state index contributed by atoms with van der Waals surface area (Å²) in [4.78, 5) is 38.0. The number of nitrogens with one attached hydrogen (secondary N) is 1. The Morgan fingerprint density at radius 2 is 1.93 bits per heavy atom. The fourth-order valence-corrected chi connectivity index (χ4v) is 3.72. The Morgan fingerprint density at radius 1 is 1.22 bits per heavy atom. The summed E-state index contributed by atoms with van der Waals surface area (Å²) < 4.78 is 6.07. The van der Waals surface area contributed by atoms with Gasteiger partial charge < -0.3 is 9.73 Å². The summed E-state index contributed by atoms with van der Waals surface area (Å²) in [6.45, 7) is 3.85. The van der Waals surface area contributed by atoms with Gasteiger partial charge in [0.15, 0.2) is 3.77 Å². The van der Waals surface area contributed by atoms with Crippen molar-refractivity contribution in [2.75, 3.05) is 11.9 Å². The Bertz CT molecular complexity index is 918. The summed E-state index contributed by atoms with van der Waals surface area (Å²) >= 11 is 2.81. The standard InChI is InChI=1S/C19H17IN2O4S/c1-11(2)12-3-5-13(6-4-12)21-17(23)10-22-18(24)15(27-19(22)25)9-14-7-8-16(20)26-14/h3-9,11H,10H2,1-2H3,(H,21,23)/b15-9-. The van der Waals surface area contributed by atoms with Gasteiger partial charge in [0.05, 0.1) is 4.91 Å². The van der Waals surface area contributed by atoms with Crippen LogP contribution in [-0.4, -0.2) is 28.5 Å². The first-order chi connectivity index (χ1) is 12.8. The highest BCUT2D eigenvalue weighted by molar-refractivity contribution is 14.1. The average Bonchev–Trinajstić information content (AvgIpc) is 3.13. The van der Waals surface area contributed by atoms with Gasteiger partial charge in [-0.05, 0) is 70.1 Å². The zero-order valence-corrected chi connectivity index (χ0v) is 17.7. The number of hydrogen-bond donors (Lipinski definition) is 1. The molecule has 3 rings (SSSR count). The molecule has 1 aromatic carbocycles. The molecule has 1 aliphatic rings. The number of imide groups is 1. The van der Waals surface area contributed by atoms with E-state index in [0.29, 0.717) is 21.1 Å². The maximum atomic E-state index is 12.4. The van der Waals surface area contributed by atoms with Crippen LogP contribution in [0.25, 0.3) is 6.08 Å². The van der Waals surface area contributed by atoms with Crippen LogP contribution in [0.15, 0.2) is 45.7 Å². The molecule has 1 fully saturated rings. The van der Waals surface area contributed by atoms with Crippen LogP contribution in [0.3, 0.4) is 0 Å². The molecule has 0 bridgehead atoms. The maximum absolute atomic E-state index is 12.4. The van der Waals surface area contributed by atoms with Crippen molar-refractivity contribution in [3.05, 3.63) is 56.4 Å². The van der Waals surface area contributed by atoms with Crippen LogP contribution in [-0.2, 0) is 9.59 Å². The second kappa shape index (κ2) is 8.30. The van der Waals surface area contributed by atoms with Crippen LogP contribution in [0, 0.1) is 3.77 Å². The van der Waals surface area contributed by atoms with Crippen molar-refractivity contribution < 1.29 is 18.8 Å². The molecule has 1 aliphatic heterocycles. The van der Waals surface area contributed by atoms with E-state index in [1.165, 1.54) is 6.08 Å². The van der Waals surface area contributed by atoms with Crippen LogP contribution in [0.1, 0.15) is 31.1 Å². The zero-order valence-electron chi connectivity index (χ0n) is 14.7. The lowest BCUT2D eigenvalue weighted by Crippen LogP contribution is -2.36. The number of carbonyl (C=O) groups excluding carboxylic acids is 3. The number of carbonyl (C=O) groups is 3. The fraction of sp³-hybridized carbons (Fsp3) is 0.211. The van der Waals surface area contributed by atoms with E-state index in [4.69, 9.17) is 4.42 Å². The minimum atomic E-state index is -0.498. The lowest BCUT2D eigenvalue weighted by molar-refractivity contribution is -0.127. The van der Waals surface area contributed by atoms with Gasteiger partial charge >= 0.3 is 0 Å². The molecule has 140 valence electrons. The van der Waals surface area contributed by atoms with Crippen molar-refractivity contribution in [1.29, 1.82) is 0 Å². The predicted molar refractivity (Wildman–Crippen MR) is 113 cm³/mol. The van der Waals surface area contributed by atoms with E-state index >= 15 is 0 Å². The van der Waals surface area contributed by atoms with E-state index in [9.17, 15) is 14.4 Å². The van der Waals surface area contributed by atoms with Gasteiger partial charge in [0, 0.05) is 11.8 Å². The number of amides is 3. The summed E-state index contributed by atoms with van der Waals surface area (Å²) in [5.41, 5.74) is 1.79. The lowest BCUT2D eigenvalue weighted by atomic mass is 10.0. The highest BCUT2D eigenvalue weighted by atomic mass is 127. The molecular formula is C19H17IN2O4S. The lowest BCUT2D eigenvalue weighted by Gasteiger charge is -2.13. The van der Waals surface area contributed by atoms with Crippen LogP contribution in [0.5, 0.6) is 0 Å². The van der Waals surface area contributed by atoms with Gasteiger partial charge in [-0.1, -0.05) is 26.0 Å². The van der Waals surface area contributed by atoms with Crippen LogP contribution in [0.4, 0.5) is 10.5 Å². The molecule has 0 spiro atoms. The summed E-state index contributed by atoms with van der Waals surface area (Å²) in [5.74, 6) is -0.0426. The van der Waals surface area contributed by atoms with Crippen molar-refractivity contribution in [3.63, 3.8) is 0 Å². The number of thioether (sulfide) groups is 1. The molecular weight excluding hydrogens is 479 g/mol. The second-order valence-electron chi connectivity index (χ2n) is 6.23. The number of anilines is 1. The third-order valence-corrected chi connectivity index (χ3v) is 5.39. The molecule has 0 atom stereocenters. The molecule has 0 saturated carbocycles. The molecule has 27 heavy (non-hydrogen) atoms. The van der Waals surface area contributed by atoms with Gasteiger partial charge in [-0.15, -0.1) is 0 Å². The van der Waals surface area contributed by atoms with Crippen LogP contribution in [0.2, 0.25) is 0 Å². The first kappa shape index (κ1) is 19.7. The molecule has 1 N–H and O–H groups in total. The minimum absolute atomic E-state index is 0.236. The summed E-state index contributed by atoms with van der Waals surface area (Å²) in [6.07, 6.45) is 1.51. The average molecular weight is 496 g/mol. The molecule has 2 aromatic rings. The number of rotatable bonds is 5. The van der Waals surface area contributed by atoms with E-state index in [0.717, 1.165) is 22.2 Å². The SMILES string of the molecule is CC(C)c1ccc(NC(=O)CN2C(=O)S/C(=C\c3ccc(I)o3)C2=O)cc1. The molecule has 1 saturated heterocycles. The van der Waals surface area contributed by atoms with Gasteiger partial charge in [0.1, 0.15) is 12.3 Å². The minimum Gasteiger partial charge on any atom is -0.451 e. The first-order valence-electron chi connectivity index (χ1n) is 8.24. The molecule has 0 radical (unpaired) electrons. The van der Waals surface area contributed by atoms with Crippen molar-refractivity contribution in [2.24, 2.45) is 0 Å². The molecule has 1 aromatic heterocycles. The Balaban J connectivity index is 1.64. The van der Waals surface area contributed by atoms with Gasteiger partial charge in [0.2, 0.25) is 5.91 Å². The fourth-order valence-electron chi connectivity index (χ4n) is 2.47. The molecule has 0 aliphatic carbocycles. The number of furan rings is 1. The zero-order chi connectivity index (χ0) is 19.6. The Hall–Kier alpha value is -2.07. The van der Waals surface area contributed by atoms with Gasteiger partial charge in [-0.2, -0.15) is 0 Å². The Morgan fingerprint density at radius 3 is 2.52 bits per heavy atom. The third kappa shape index (κ3) is 4.81. The van der Waals surface area contributed by atoms with Crippen molar-refractivity contribution >= 4 is 63.2 Å². The normalized spacial score (nSPS) is 15.9. The largest absolute Gasteiger partial charge is 0.451 e. The van der Waals surface area contributed by atoms with E-state index in [-0.39, 0.29) is 11.4 Å². The number of nitrogens with zero attached hydrogens (tertiary/aromatic N) is 1. The van der Waals surface area contributed by atoms with E-state index in [1.807, 2.05) is 34.7 Å². The Labute approximate surface area is 174 Å². The summed E-state index contributed by atoms with van der Waals surface area (Å²) in [7, 11) is 0. The second-order valence-corrected chi connectivity index (χ2v) is 8.29. The van der Waals surface area contributed by atoms with Gasteiger partial charge in [0.25, 0.3) is 11.1 Å². The smallest absolute Gasteiger partial charge is 0.294 e. The summed E-state index contributed by atoms with van der Waals surface area (Å²) in [5, 5.41) is 2.24. The van der Waals surface area contributed by atoms with Gasteiger partial charge in [-0.25, -0.2) is 0 Å². The molecule has 2 heterocycles. The highest BCUT2D eigenvalue weighted by Gasteiger charge is 2.36. The molecule has 8 heteroatoms. The van der Waals surface area contributed by atoms with Crippen LogP contribution < -0.4 is 5.32 Å². The third-order valence-electron chi connectivity index (χ3n) is 3.90. The highest BCUT2D eigenvalue weighted by Crippen LogP contribution is 2.32. The number of halogens is 1. The van der Waals surface area contributed by atoms with Crippen molar-refractivity contribution in [2.45, 2.75) is 19.8 Å². The molecule has 6 nitrogen and oxygen atoms in total. The predicted octanol–water partition coefficient (Wildman–Crippen LogP) is 4.68.